The van der Waals surface area contributed by atoms with Crippen LogP contribution in [0.3, 0.4) is 0 Å². The first-order valence-electron chi connectivity index (χ1n) is 6.45. The van der Waals surface area contributed by atoms with Gasteiger partial charge >= 0.3 is 0 Å². The summed E-state index contributed by atoms with van der Waals surface area (Å²) < 4.78 is 5.25. The summed E-state index contributed by atoms with van der Waals surface area (Å²) in [5, 5.41) is 7.45. The van der Waals surface area contributed by atoms with Crippen molar-refractivity contribution in [1.82, 2.24) is 10.1 Å². The average Bonchev–Trinajstić information content (AvgIpc) is 2.88. The molecule has 2 heterocycles. The molecule has 4 heteroatoms. The van der Waals surface area contributed by atoms with Crippen LogP contribution in [0, 0.1) is 0 Å². The number of benzene rings is 1. The third kappa shape index (κ3) is 1.98. The van der Waals surface area contributed by atoms with Crippen molar-refractivity contribution >= 4 is 5.69 Å². The van der Waals surface area contributed by atoms with Crippen molar-refractivity contribution in [1.29, 1.82) is 0 Å². The molecule has 1 N–H and O–H groups in total. The van der Waals surface area contributed by atoms with Gasteiger partial charge in [-0.05, 0) is 36.6 Å². The van der Waals surface area contributed by atoms with Crippen molar-refractivity contribution in [3.63, 3.8) is 0 Å². The number of nitrogens with zero attached hydrogens (tertiary/aromatic N) is 2. The highest BCUT2D eigenvalue weighted by molar-refractivity contribution is 5.64. The van der Waals surface area contributed by atoms with Crippen LogP contribution >= 0.6 is 0 Å². The molecule has 0 saturated heterocycles. The number of hydrogen-bond donors (Lipinski definition) is 1. The normalized spacial score (nSPS) is 14.4. The summed E-state index contributed by atoms with van der Waals surface area (Å²) in [5.74, 6) is 1.65. The maximum atomic E-state index is 5.25. The Bertz CT molecular complexity index is 560. The lowest BCUT2D eigenvalue weighted by Crippen LogP contribution is -2.11. The van der Waals surface area contributed by atoms with Gasteiger partial charge in [0.05, 0.1) is 0 Å². The molecule has 0 radical (unpaired) electrons. The van der Waals surface area contributed by atoms with Crippen LogP contribution in [0.5, 0.6) is 0 Å². The van der Waals surface area contributed by atoms with Crippen LogP contribution in [0.15, 0.2) is 22.7 Å². The van der Waals surface area contributed by atoms with Crippen molar-refractivity contribution in [2.24, 2.45) is 0 Å². The Morgan fingerprint density at radius 2 is 2.22 bits per heavy atom. The Hall–Kier alpha value is -1.84. The third-order valence-electron chi connectivity index (χ3n) is 3.24. The summed E-state index contributed by atoms with van der Waals surface area (Å²) in [4.78, 5) is 4.43. The lowest BCUT2D eigenvalue weighted by atomic mass is 10.0. The fraction of sp³-hybridized carbons (Fsp3) is 0.429. The predicted molar refractivity (Wildman–Crippen MR) is 70.6 cm³/mol. The molecule has 1 aliphatic heterocycles. The highest BCUT2D eigenvalue weighted by atomic mass is 16.5. The maximum Gasteiger partial charge on any atom is 0.229 e. The van der Waals surface area contributed by atoms with Gasteiger partial charge in [-0.3, -0.25) is 0 Å². The molecule has 0 unspecified atom stereocenters. The van der Waals surface area contributed by atoms with Crippen molar-refractivity contribution in [2.45, 2.75) is 32.6 Å². The lowest BCUT2D eigenvalue weighted by molar-refractivity contribution is 0.365. The quantitative estimate of drug-likeness (QED) is 0.879. The van der Waals surface area contributed by atoms with E-state index in [2.05, 4.69) is 27.6 Å². The van der Waals surface area contributed by atoms with E-state index < -0.39 is 0 Å². The molecule has 94 valence electrons. The molecule has 3 rings (SSSR count). The number of hydrogen-bond acceptors (Lipinski definition) is 4. The molecule has 18 heavy (non-hydrogen) atoms. The van der Waals surface area contributed by atoms with E-state index >= 15 is 0 Å². The molecule has 4 nitrogen and oxygen atoms in total. The molecule has 0 atom stereocenters. The largest absolute Gasteiger partial charge is 0.385 e. The summed E-state index contributed by atoms with van der Waals surface area (Å²) in [5.41, 5.74) is 3.61. The Morgan fingerprint density at radius 3 is 3.00 bits per heavy atom. The minimum Gasteiger partial charge on any atom is -0.385 e. The Kier molecular flexibility index (Phi) is 2.78. The topological polar surface area (TPSA) is 51.0 Å². The summed E-state index contributed by atoms with van der Waals surface area (Å²) in [7, 11) is 0. The molecule has 1 aromatic carbocycles. The molecular weight excluding hydrogens is 226 g/mol. The number of rotatable bonds is 2. The fourth-order valence-electron chi connectivity index (χ4n) is 2.20. The average molecular weight is 243 g/mol. The van der Waals surface area contributed by atoms with Crippen LogP contribution in [-0.2, 0) is 6.42 Å². The van der Waals surface area contributed by atoms with Gasteiger partial charge in [-0.15, -0.1) is 0 Å². The second kappa shape index (κ2) is 4.44. The Balaban J connectivity index is 1.95. The van der Waals surface area contributed by atoms with Gasteiger partial charge in [0.1, 0.15) is 0 Å². The molecular formula is C14H17N3O. The monoisotopic (exact) mass is 243 g/mol. The number of nitrogens with one attached hydrogen (secondary N) is 1. The van der Waals surface area contributed by atoms with Crippen LogP contribution in [0.1, 0.15) is 37.6 Å². The summed E-state index contributed by atoms with van der Waals surface area (Å²) in [6.45, 7) is 5.16. The minimum atomic E-state index is 0.269. The van der Waals surface area contributed by atoms with Crippen LogP contribution in [-0.4, -0.2) is 16.7 Å². The second-order valence-electron chi connectivity index (χ2n) is 5.01. The van der Waals surface area contributed by atoms with Gasteiger partial charge in [-0.25, -0.2) is 0 Å². The molecule has 0 saturated carbocycles. The molecule has 0 spiro atoms. The smallest absolute Gasteiger partial charge is 0.229 e. The third-order valence-corrected chi connectivity index (χ3v) is 3.24. The first kappa shape index (κ1) is 11.3. The van der Waals surface area contributed by atoms with Crippen LogP contribution in [0.2, 0.25) is 0 Å². The molecule has 2 aromatic rings. The highest BCUT2D eigenvalue weighted by Crippen LogP contribution is 2.27. The predicted octanol–water partition coefficient (Wildman–Crippen LogP) is 3.22. The molecule has 0 aliphatic carbocycles. The van der Waals surface area contributed by atoms with Crippen molar-refractivity contribution in [3.8, 4) is 11.4 Å². The van der Waals surface area contributed by atoms with Crippen LogP contribution < -0.4 is 5.32 Å². The molecule has 1 aromatic heterocycles. The maximum absolute atomic E-state index is 5.25. The highest BCUT2D eigenvalue weighted by Gasteiger charge is 2.14. The summed E-state index contributed by atoms with van der Waals surface area (Å²) >= 11 is 0. The molecule has 1 aliphatic rings. The van der Waals surface area contributed by atoms with Crippen molar-refractivity contribution in [3.05, 3.63) is 29.7 Å². The van der Waals surface area contributed by atoms with Crippen molar-refractivity contribution < 1.29 is 4.52 Å². The van der Waals surface area contributed by atoms with E-state index in [1.165, 1.54) is 17.7 Å². The zero-order chi connectivity index (χ0) is 12.5. The van der Waals surface area contributed by atoms with Gasteiger partial charge in [0.2, 0.25) is 11.7 Å². The van der Waals surface area contributed by atoms with Crippen molar-refractivity contribution in [2.75, 3.05) is 11.9 Å². The van der Waals surface area contributed by atoms with Gasteiger partial charge < -0.3 is 9.84 Å². The van der Waals surface area contributed by atoms with E-state index in [1.807, 2.05) is 19.9 Å². The minimum absolute atomic E-state index is 0.269. The first-order chi connectivity index (χ1) is 8.74. The van der Waals surface area contributed by atoms with Gasteiger partial charge in [0.25, 0.3) is 0 Å². The lowest BCUT2D eigenvalue weighted by Gasteiger charge is -2.17. The van der Waals surface area contributed by atoms with E-state index in [1.54, 1.807) is 0 Å². The second-order valence-corrected chi connectivity index (χ2v) is 5.01. The fourth-order valence-corrected chi connectivity index (χ4v) is 2.20. The summed E-state index contributed by atoms with van der Waals surface area (Å²) in [6.07, 6.45) is 2.30. The number of aromatic nitrogens is 2. The van der Waals surface area contributed by atoms with E-state index in [-0.39, 0.29) is 5.92 Å². The zero-order valence-electron chi connectivity index (χ0n) is 10.7. The molecule has 0 fully saturated rings. The van der Waals surface area contributed by atoms with Gasteiger partial charge in [-0.1, -0.05) is 19.0 Å². The molecule has 0 amide bonds. The number of anilines is 1. The van der Waals surface area contributed by atoms with Gasteiger partial charge in [0, 0.05) is 23.7 Å². The van der Waals surface area contributed by atoms with Gasteiger partial charge in [0.15, 0.2) is 0 Å². The SMILES string of the molecule is CC(C)c1nc(-c2ccc3c(c2)CCCN3)no1. The number of fused-ring (bicyclic) bond motifs is 1. The first-order valence-corrected chi connectivity index (χ1v) is 6.45. The van der Waals surface area contributed by atoms with Gasteiger partial charge in [-0.2, -0.15) is 4.98 Å². The number of aryl methyl sites for hydroxylation is 1. The zero-order valence-corrected chi connectivity index (χ0v) is 10.7. The Morgan fingerprint density at radius 1 is 1.33 bits per heavy atom. The van der Waals surface area contributed by atoms with Crippen LogP contribution in [0.4, 0.5) is 5.69 Å². The Labute approximate surface area is 106 Å². The van der Waals surface area contributed by atoms with Crippen LogP contribution in [0.25, 0.3) is 11.4 Å². The van der Waals surface area contributed by atoms with E-state index in [4.69, 9.17) is 4.52 Å². The van der Waals surface area contributed by atoms with E-state index in [0.717, 1.165) is 18.5 Å². The van der Waals surface area contributed by atoms with E-state index in [0.29, 0.717) is 11.7 Å². The molecule has 0 bridgehead atoms. The standard InChI is InChI=1S/C14H17N3O/c1-9(2)14-16-13(17-18-14)11-5-6-12-10(8-11)4-3-7-15-12/h5-6,8-9,15H,3-4,7H2,1-2H3. The summed E-state index contributed by atoms with van der Waals surface area (Å²) in [6, 6.07) is 6.32. The van der Waals surface area contributed by atoms with E-state index in [9.17, 15) is 0 Å².